The maximum Gasteiger partial charge on any atom is 0.332 e. The second-order valence-corrected chi connectivity index (χ2v) is 4.44. The number of rotatable bonds is 5. The molecule has 0 unspecified atom stereocenters. The van der Waals surface area contributed by atoms with Gasteiger partial charge in [-0.1, -0.05) is 35.5 Å². The number of nitrogens with zero attached hydrogens (tertiary/aromatic N) is 3. The first-order chi connectivity index (χ1) is 8.05. The first-order valence-corrected chi connectivity index (χ1v) is 6.15. The summed E-state index contributed by atoms with van der Waals surface area (Å²) < 4.78 is 34.5. The largest absolute Gasteiger partial charge is 0.332 e. The average molecular weight is 255 g/mol. The fourth-order valence-corrected chi connectivity index (χ4v) is 1.89. The molecule has 5 nitrogen and oxygen atoms in total. The van der Waals surface area contributed by atoms with Crippen LogP contribution >= 0.6 is 0 Å². The Balaban J connectivity index is 2.88. The van der Waals surface area contributed by atoms with Crippen LogP contribution in [0.3, 0.4) is 0 Å². The molecule has 0 saturated carbocycles. The summed E-state index contributed by atoms with van der Waals surface area (Å²) in [7, 11) is -4.71. The zero-order valence-corrected chi connectivity index (χ0v) is 9.64. The van der Waals surface area contributed by atoms with Gasteiger partial charge in [-0.15, -0.1) is 3.89 Å². The van der Waals surface area contributed by atoms with Crippen LogP contribution in [0.5, 0.6) is 0 Å². The summed E-state index contributed by atoms with van der Waals surface area (Å²) in [5.41, 5.74) is 8.31. The van der Waals surface area contributed by atoms with E-state index in [4.69, 9.17) is 5.53 Å². The van der Waals surface area contributed by atoms with Crippen LogP contribution in [0, 0.1) is 0 Å². The Morgan fingerprint density at radius 2 is 2.12 bits per heavy atom. The molecule has 7 heteroatoms. The van der Waals surface area contributed by atoms with Crippen LogP contribution in [-0.2, 0) is 10.2 Å². The molecule has 0 amide bonds. The van der Waals surface area contributed by atoms with Gasteiger partial charge >= 0.3 is 10.2 Å². The molecule has 90 valence electrons. The molecule has 0 aliphatic rings. The van der Waals surface area contributed by atoms with Crippen LogP contribution in [0.25, 0.3) is 16.5 Å². The number of halogens is 1. The van der Waals surface area contributed by atoms with Crippen molar-refractivity contribution < 1.29 is 12.3 Å². The molecule has 0 N–H and O–H groups in total. The second kappa shape index (κ2) is 6.03. The van der Waals surface area contributed by atoms with Crippen molar-refractivity contribution in [1.29, 1.82) is 0 Å². The minimum atomic E-state index is -4.71. The van der Waals surface area contributed by atoms with E-state index in [0.29, 0.717) is 6.42 Å². The van der Waals surface area contributed by atoms with Crippen LogP contribution in [0.4, 0.5) is 3.89 Å². The summed E-state index contributed by atoms with van der Waals surface area (Å²) in [5, 5.41) is 3.31. The van der Waals surface area contributed by atoms with Crippen LogP contribution in [0.2, 0.25) is 0 Å². The zero-order valence-electron chi connectivity index (χ0n) is 8.82. The van der Waals surface area contributed by atoms with Gasteiger partial charge in [-0.3, -0.25) is 0 Å². The molecule has 0 fully saturated rings. The van der Waals surface area contributed by atoms with Gasteiger partial charge in [0.05, 0.1) is 0 Å². The van der Waals surface area contributed by atoms with E-state index in [2.05, 4.69) is 10.0 Å². The zero-order chi connectivity index (χ0) is 12.7. The van der Waals surface area contributed by atoms with E-state index in [-0.39, 0.29) is 17.0 Å². The fourth-order valence-electron chi connectivity index (χ4n) is 1.23. The van der Waals surface area contributed by atoms with Crippen molar-refractivity contribution in [2.24, 2.45) is 5.11 Å². The summed E-state index contributed by atoms with van der Waals surface area (Å²) in [6.45, 7) is 0.275. The summed E-state index contributed by atoms with van der Waals surface area (Å²) in [6, 6.07) is 5.75. The smallest absolute Gasteiger partial charge is 0.189 e. The summed E-state index contributed by atoms with van der Waals surface area (Å²) in [5.74, 6) is 0. The quantitative estimate of drug-likeness (QED) is 0.266. The lowest BCUT2D eigenvalue weighted by atomic mass is 10.2. The van der Waals surface area contributed by atoms with Crippen LogP contribution in [-0.4, -0.2) is 15.0 Å². The van der Waals surface area contributed by atoms with Crippen molar-refractivity contribution in [2.45, 2.75) is 11.3 Å². The van der Waals surface area contributed by atoms with Crippen molar-refractivity contribution in [2.75, 3.05) is 6.54 Å². The lowest BCUT2D eigenvalue weighted by molar-refractivity contribution is 0.552. The number of azide groups is 1. The average Bonchev–Trinajstić information content (AvgIpc) is 2.28. The highest BCUT2D eigenvalue weighted by molar-refractivity contribution is 7.86. The fraction of sp³-hybridized carbons (Fsp3) is 0.200. The number of hydrogen-bond donors (Lipinski definition) is 0. The molecule has 0 radical (unpaired) electrons. The molecule has 0 heterocycles. The standard InChI is InChI=1S/C10H10FN3O2S/c11-17(15,16)10-7-2-1-5-9(10)6-3-4-8-13-14-12/h1-3,5-7H,4,8H2. The molecule has 0 aliphatic carbocycles. The molecule has 1 aromatic rings. The summed E-state index contributed by atoms with van der Waals surface area (Å²) in [6.07, 6.45) is 3.57. The van der Waals surface area contributed by atoms with E-state index in [1.807, 2.05) is 0 Å². The highest BCUT2D eigenvalue weighted by atomic mass is 32.3. The number of hydrogen-bond acceptors (Lipinski definition) is 3. The SMILES string of the molecule is [N-]=[N+]=NCCC=Cc1ccccc1S(=O)(=O)F. The maximum atomic E-state index is 12.9. The van der Waals surface area contributed by atoms with Gasteiger partial charge in [-0.25, -0.2) is 0 Å². The Morgan fingerprint density at radius 3 is 2.76 bits per heavy atom. The van der Waals surface area contributed by atoms with Crippen molar-refractivity contribution in [1.82, 2.24) is 0 Å². The molecule has 0 saturated heterocycles. The third-order valence-electron chi connectivity index (χ3n) is 1.94. The van der Waals surface area contributed by atoms with Crippen molar-refractivity contribution in [3.8, 4) is 0 Å². The minimum Gasteiger partial charge on any atom is -0.189 e. The van der Waals surface area contributed by atoms with Crippen LogP contribution < -0.4 is 0 Å². The van der Waals surface area contributed by atoms with Gasteiger partial charge in [-0.2, -0.15) is 8.42 Å². The monoisotopic (exact) mass is 255 g/mol. The van der Waals surface area contributed by atoms with E-state index in [0.717, 1.165) is 0 Å². The molecule has 0 bridgehead atoms. The molecule has 0 spiro atoms. The van der Waals surface area contributed by atoms with E-state index in [1.165, 1.54) is 24.3 Å². The summed E-state index contributed by atoms with van der Waals surface area (Å²) >= 11 is 0. The van der Waals surface area contributed by atoms with Gasteiger partial charge in [-0.05, 0) is 23.6 Å². The molecule has 1 aromatic carbocycles. The number of benzene rings is 1. The third-order valence-corrected chi connectivity index (χ3v) is 2.84. The predicted molar refractivity (Wildman–Crippen MR) is 62.4 cm³/mol. The molecular weight excluding hydrogens is 245 g/mol. The third kappa shape index (κ3) is 4.26. The topological polar surface area (TPSA) is 82.9 Å². The first-order valence-electron chi connectivity index (χ1n) is 4.77. The Hall–Kier alpha value is -1.85. The van der Waals surface area contributed by atoms with Crippen LogP contribution in [0.1, 0.15) is 12.0 Å². The molecule has 17 heavy (non-hydrogen) atoms. The lowest BCUT2D eigenvalue weighted by Gasteiger charge is -1.99. The van der Waals surface area contributed by atoms with E-state index < -0.39 is 10.2 Å². The van der Waals surface area contributed by atoms with E-state index in [9.17, 15) is 12.3 Å². The van der Waals surface area contributed by atoms with Gasteiger partial charge in [0.1, 0.15) is 4.90 Å². The van der Waals surface area contributed by atoms with Gasteiger partial charge in [0.2, 0.25) is 0 Å². The van der Waals surface area contributed by atoms with Crippen molar-refractivity contribution in [3.63, 3.8) is 0 Å². The lowest BCUT2D eigenvalue weighted by Crippen LogP contribution is -1.94. The Labute approximate surface area is 98.4 Å². The van der Waals surface area contributed by atoms with E-state index in [1.54, 1.807) is 12.1 Å². The molecular formula is C10H10FN3O2S. The molecule has 1 rings (SSSR count). The van der Waals surface area contributed by atoms with Gasteiger partial charge in [0.25, 0.3) is 0 Å². The minimum absolute atomic E-state index is 0.274. The highest BCUT2D eigenvalue weighted by Gasteiger charge is 2.14. The molecule has 0 atom stereocenters. The molecule has 0 aromatic heterocycles. The second-order valence-electron chi connectivity index (χ2n) is 3.12. The van der Waals surface area contributed by atoms with Crippen LogP contribution in [0.15, 0.2) is 40.4 Å². The predicted octanol–water partition coefficient (Wildman–Crippen LogP) is 3.06. The Kier molecular flexibility index (Phi) is 4.68. The Bertz CT molecular complexity index is 563. The Morgan fingerprint density at radius 1 is 1.41 bits per heavy atom. The van der Waals surface area contributed by atoms with Gasteiger partial charge in [0.15, 0.2) is 0 Å². The van der Waals surface area contributed by atoms with Crippen molar-refractivity contribution in [3.05, 3.63) is 46.3 Å². The highest BCUT2D eigenvalue weighted by Crippen LogP contribution is 2.19. The maximum absolute atomic E-state index is 12.9. The van der Waals surface area contributed by atoms with Gasteiger partial charge < -0.3 is 0 Å². The van der Waals surface area contributed by atoms with E-state index >= 15 is 0 Å². The summed E-state index contributed by atoms with van der Waals surface area (Å²) in [4.78, 5) is 2.21. The van der Waals surface area contributed by atoms with Crippen molar-refractivity contribution >= 4 is 16.3 Å². The normalized spacial score (nSPS) is 11.4. The van der Waals surface area contributed by atoms with Gasteiger partial charge in [0, 0.05) is 11.5 Å². The molecule has 0 aliphatic heterocycles. The first kappa shape index (κ1) is 13.2.